The van der Waals surface area contributed by atoms with Crippen molar-refractivity contribution >= 4 is 24.8 Å². The summed E-state index contributed by atoms with van der Waals surface area (Å²) in [6, 6.07) is 16.7. The van der Waals surface area contributed by atoms with Gasteiger partial charge in [-0.2, -0.15) is 0 Å². The Morgan fingerprint density at radius 3 is 1.44 bits per heavy atom. The second kappa shape index (κ2) is 5.88. The minimum absolute atomic E-state index is 0. The predicted molar refractivity (Wildman–Crippen MR) is 70.7 cm³/mol. The molecule has 0 aliphatic heterocycles. The Labute approximate surface area is 117 Å². The maximum atomic E-state index is 11.4. The number of carboxylic acids is 1. The van der Waals surface area contributed by atoms with Gasteiger partial charge in [-0.3, -0.25) is 0 Å². The van der Waals surface area contributed by atoms with Gasteiger partial charge in [-0.15, -0.1) is 0 Å². The average molecular weight is 236 g/mol. The molecule has 0 heterocycles. The first-order valence-electron chi connectivity index (χ1n) is 5.22. The third-order valence-electron chi connectivity index (χ3n) is 2.69. The zero-order valence-corrected chi connectivity index (χ0v) is 9.08. The van der Waals surface area contributed by atoms with Gasteiger partial charge in [-0.25, -0.2) is 4.79 Å². The molecule has 0 saturated heterocycles. The first-order chi connectivity index (χ1) is 8.15. The van der Waals surface area contributed by atoms with Crippen molar-refractivity contribution < 1.29 is 15.0 Å². The Kier molecular flexibility index (Phi) is 4.74. The van der Waals surface area contributed by atoms with E-state index in [4.69, 9.17) is 0 Å². The van der Waals surface area contributed by atoms with Gasteiger partial charge in [-0.05, 0) is 11.1 Å². The molecule has 2 rings (SSSR count). The molecule has 0 saturated carbocycles. The topological polar surface area (TPSA) is 57.5 Å². The molecule has 3 nitrogen and oxygen atoms in total. The van der Waals surface area contributed by atoms with Crippen LogP contribution in [0.5, 0.6) is 0 Å². The van der Waals surface area contributed by atoms with E-state index in [0.29, 0.717) is 11.1 Å². The zero-order valence-electron chi connectivity index (χ0n) is 9.08. The molecule has 0 aliphatic rings. The normalized spacial score (nSPS) is 10.5. The van der Waals surface area contributed by atoms with Crippen LogP contribution in [0.4, 0.5) is 0 Å². The number of hydrogen-bond donors (Lipinski definition) is 2. The van der Waals surface area contributed by atoms with Gasteiger partial charge in [0, 0.05) is 0 Å². The first-order valence-corrected chi connectivity index (χ1v) is 5.22. The molecule has 18 heavy (non-hydrogen) atoms. The molecule has 0 unspecified atom stereocenters. The Morgan fingerprint density at radius 2 is 1.17 bits per heavy atom. The molecule has 0 amide bonds. The summed E-state index contributed by atoms with van der Waals surface area (Å²) in [4.78, 5) is 11.4. The maximum absolute atomic E-state index is 11.4. The third-order valence-corrected chi connectivity index (χ3v) is 2.69. The molecule has 4 heteroatoms. The molecule has 2 aromatic rings. The second-order valence-corrected chi connectivity index (χ2v) is 3.75. The molecule has 0 aromatic heterocycles. The van der Waals surface area contributed by atoms with Gasteiger partial charge in [-0.1, -0.05) is 60.7 Å². The minimum atomic E-state index is -2.00. The van der Waals surface area contributed by atoms with Crippen molar-refractivity contribution in [2.75, 3.05) is 0 Å². The van der Waals surface area contributed by atoms with Gasteiger partial charge in [0.25, 0.3) is 0 Å². The van der Waals surface area contributed by atoms with Crippen LogP contribution >= 0.6 is 0 Å². The summed E-state index contributed by atoms with van der Waals surface area (Å²) in [6.07, 6.45) is 0. The Morgan fingerprint density at radius 1 is 0.833 bits per heavy atom. The molecule has 0 bridgehead atoms. The Bertz CT molecular complexity index is 472. The van der Waals surface area contributed by atoms with E-state index in [2.05, 4.69) is 0 Å². The SMILES string of the molecule is O=C(O)C(O)(c1ccccc1)c1ccccc1.[LiH]. The Hall–Kier alpha value is -1.53. The van der Waals surface area contributed by atoms with Gasteiger partial charge in [0.1, 0.15) is 0 Å². The number of hydrogen-bond acceptors (Lipinski definition) is 2. The third kappa shape index (κ3) is 2.49. The van der Waals surface area contributed by atoms with E-state index in [9.17, 15) is 15.0 Å². The molecule has 0 aliphatic carbocycles. The van der Waals surface area contributed by atoms with Crippen LogP contribution in [-0.2, 0) is 10.4 Å². The molecular formula is C14H13LiO3. The Balaban J connectivity index is 0.00000162. The molecule has 0 radical (unpaired) electrons. The first kappa shape index (κ1) is 14.5. The average Bonchev–Trinajstić information content (AvgIpc) is 2.39. The fraction of sp³-hybridized carbons (Fsp3) is 0.0714. The number of aliphatic hydroxyl groups is 1. The van der Waals surface area contributed by atoms with E-state index in [1.54, 1.807) is 60.7 Å². The van der Waals surface area contributed by atoms with Gasteiger partial charge in [0.2, 0.25) is 5.60 Å². The van der Waals surface area contributed by atoms with Crippen LogP contribution in [0.1, 0.15) is 11.1 Å². The van der Waals surface area contributed by atoms with Crippen molar-refractivity contribution in [3.05, 3.63) is 71.8 Å². The van der Waals surface area contributed by atoms with Crippen molar-refractivity contribution in [3.63, 3.8) is 0 Å². The molecular weight excluding hydrogens is 223 g/mol. The van der Waals surface area contributed by atoms with Gasteiger partial charge >= 0.3 is 24.8 Å². The summed E-state index contributed by atoms with van der Waals surface area (Å²) in [5.74, 6) is -1.28. The fourth-order valence-corrected chi connectivity index (χ4v) is 1.77. The van der Waals surface area contributed by atoms with Crippen molar-refractivity contribution in [2.45, 2.75) is 5.60 Å². The zero-order chi connectivity index (χ0) is 12.3. The predicted octanol–water partition coefficient (Wildman–Crippen LogP) is 1.36. The van der Waals surface area contributed by atoms with E-state index in [0.717, 1.165) is 0 Å². The van der Waals surface area contributed by atoms with E-state index in [-0.39, 0.29) is 18.9 Å². The number of benzene rings is 2. The van der Waals surface area contributed by atoms with E-state index in [1.807, 2.05) is 0 Å². The van der Waals surface area contributed by atoms with E-state index in [1.165, 1.54) is 0 Å². The molecule has 88 valence electrons. The summed E-state index contributed by atoms with van der Waals surface area (Å²) in [7, 11) is 0. The van der Waals surface area contributed by atoms with Crippen LogP contribution in [0, 0.1) is 0 Å². The standard InChI is InChI=1S/C14H12O3.Li.H/c15-13(16)14(17,11-7-3-1-4-8-11)12-9-5-2-6-10-12;;/h1-10,17H,(H,15,16);;. The quantitative estimate of drug-likeness (QED) is 0.791. The molecule has 0 fully saturated rings. The number of carbonyl (C=O) groups is 1. The van der Waals surface area contributed by atoms with Crippen molar-refractivity contribution in [3.8, 4) is 0 Å². The monoisotopic (exact) mass is 236 g/mol. The summed E-state index contributed by atoms with van der Waals surface area (Å²) < 4.78 is 0. The van der Waals surface area contributed by atoms with E-state index < -0.39 is 11.6 Å². The van der Waals surface area contributed by atoms with Crippen LogP contribution in [0.2, 0.25) is 0 Å². The summed E-state index contributed by atoms with van der Waals surface area (Å²) in [5, 5.41) is 19.7. The second-order valence-electron chi connectivity index (χ2n) is 3.75. The van der Waals surface area contributed by atoms with Gasteiger partial charge < -0.3 is 10.2 Å². The van der Waals surface area contributed by atoms with Crippen LogP contribution in [0.15, 0.2) is 60.7 Å². The number of carboxylic acid groups (broad SMARTS) is 1. The van der Waals surface area contributed by atoms with Crippen molar-refractivity contribution in [1.29, 1.82) is 0 Å². The van der Waals surface area contributed by atoms with Gasteiger partial charge in [0.05, 0.1) is 0 Å². The summed E-state index contributed by atoms with van der Waals surface area (Å²) in [5.41, 5.74) is -1.31. The fourth-order valence-electron chi connectivity index (χ4n) is 1.77. The van der Waals surface area contributed by atoms with E-state index >= 15 is 0 Å². The molecule has 0 atom stereocenters. The van der Waals surface area contributed by atoms with Crippen LogP contribution in [-0.4, -0.2) is 35.0 Å². The molecule has 2 N–H and O–H groups in total. The van der Waals surface area contributed by atoms with Gasteiger partial charge in [0.15, 0.2) is 0 Å². The van der Waals surface area contributed by atoms with Crippen LogP contribution in [0.3, 0.4) is 0 Å². The number of aliphatic carboxylic acids is 1. The van der Waals surface area contributed by atoms with Crippen LogP contribution in [0.25, 0.3) is 0 Å². The van der Waals surface area contributed by atoms with Crippen LogP contribution < -0.4 is 0 Å². The van der Waals surface area contributed by atoms with Crippen molar-refractivity contribution in [1.82, 2.24) is 0 Å². The summed E-state index contributed by atoms with van der Waals surface area (Å²) in [6.45, 7) is 0. The summed E-state index contributed by atoms with van der Waals surface area (Å²) >= 11 is 0. The molecule has 0 spiro atoms. The number of rotatable bonds is 3. The van der Waals surface area contributed by atoms with Crippen molar-refractivity contribution in [2.24, 2.45) is 0 Å². The molecule has 2 aromatic carbocycles.